The second-order valence-electron chi connectivity index (χ2n) is 14.3. The standard InChI is InChI=1S/C51H32N2/c52-33-34-26-28-35(29-27-34)50(42-20-8-4-16-38(42)39-17-5-9-21-43(39)50)36-30-31-49-47(32-36)51(44-22-10-6-18-40(44)41-19-7-11-23-45(41)51)46-24-12-13-25-48(46)53(49)37-14-2-1-3-15-37/h1-32H. The molecule has 1 heterocycles. The third kappa shape index (κ3) is 3.76. The SMILES string of the molecule is N#Cc1ccc(C2(c3ccc4c(c3)C3(c5ccccc5-c5ccccc53)c3ccccc3N4c3ccccc3)c3ccccc3-c3ccccc32)cc1. The molecule has 1 aliphatic heterocycles. The third-order valence-corrected chi connectivity index (χ3v) is 12.0. The van der Waals surface area contributed by atoms with Gasteiger partial charge in [0, 0.05) is 5.69 Å². The highest BCUT2D eigenvalue weighted by atomic mass is 15.2. The number of para-hydroxylation sites is 2. The minimum atomic E-state index is -0.621. The molecule has 0 N–H and O–H groups in total. The fourth-order valence-electron chi connectivity index (χ4n) is 10.0. The van der Waals surface area contributed by atoms with Crippen LogP contribution in [0.1, 0.15) is 50.1 Å². The van der Waals surface area contributed by atoms with Gasteiger partial charge in [-0.15, -0.1) is 0 Å². The van der Waals surface area contributed by atoms with Gasteiger partial charge in [-0.05, 0) is 103 Å². The van der Waals surface area contributed by atoms with Crippen LogP contribution >= 0.6 is 0 Å². The predicted octanol–water partition coefficient (Wildman–Crippen LogP) is 12.1. The first kappa shape index (κ1) is 29.7. The highest BCUT2D eigenvalue weighted by molar-refractivity contribution is 5.96. The van der Waals surface area contributed by atoms with Crippen molar-refractivity contribution in [3.8, 4) is 28.3 Å². The summed E-state index contributed by atoms with van der Waals surface area (Å²) < 4.78 is 0. The molecule has 11 rings (SSSR count). The highest BCUT2D eigenvalue weighted by Crippen LogP contribution is 2.65. The van der Waals surface area contributed by atoms with Gasteiger partial charge in [-0.3, -0.25) is 0 Å². The van der Waals surface area contributed by atoms with Crippen molar-refractivity contribution in [1.82, 2.24) is 0 Å². The van der Waals surface area contributed by atoms with E-state index in [9.17, 15) is 5.26 Å². The van der Waals surface area contributed by atoms with Gasteiger partial charge in [0.25, 0.3) is 0 Å². The van der Waals surface area contributed by atoms with E-state index in [1.165, 1.54) is 72.6 Å². The molecular formula is C51H32N2. The Kier molecular flexibility index (Phi) is 6.19. The maximum absolute atomic E-state index is 9.85. The van der Waals surface area contributed by atoms with Crippen LogP contribution < -0.4 is 4.90 Å². The van der Waals surface area contributed by atoms with E-state index in [0.717, 1.165) is 11.3 Å². The topological polar surface area (TPSA) is 27.0 Å². The lowest BCUT2D eigenvalue weighted by Crippen LogP contribution is -2.37. The van der Waals surface area contributed by atoms with Crippen LogP contribution in [0.5, 0.6) is 0 Å². The Morgan fingerprint density at radius 2 is 0.792 bits per heavy atom. The van der Waals surface area contributed by atoms with Gasteiger partial charge in [0.2, 0.25) is 0 Å². The molecule has 53 heavy (non-hydrogen) atoms. The zero-order chi connectivity index (χ0) is 35.1. The smallest absolute Gasteiger partial charge is 0.0991 e. The summed E-state index contributed by atoms with van der Waals surface area (Å²) in [4.78, 5) is 2.45. The quantitative estimate of drug-likeness (QED) is 0.187. The lowest BCUT2D eigenvalue weighted by Gasteiger charge is -2.46. The highest BCUT2D eigenvalue weighted by Gasteiger charge is 2.53. The molecule has 0 bridgehead atoms. The number of rotatable bonds is 3. The molecule has 246 valence electrons. The summed E-state index contributed by atoms with van der Waals surface area (Å²) in [5.74, 6) is 0. The summed E-state index contributed by atoms with van der Waals surface area (Å²) >= 11 is 0. The Bertz CT molecular complexity index is 2710. The van der Waals surface area contributed by atoms with E-state index in [1.807, 2.05) is 12.1 Å². The summed E-state index contributed by atoms with van der Waals surface area (Å²) in [6, 6.07) is 73.4. The number of fused-ring (bicyclic) bond motifs is 12. The first-order valence-corrected chi connectivity index (χ1v) is 18.3. The van der Waals surface area contributed by atoms with Gasteiger partial charge in [0.15, 0.2) is 0 Å². The molecule has 0 atom stereocenters. The molecule has 0 saturated heterocycles. The molecule has 0 unspecified atom stereocenters. The average molecular weight is 673 g/mol. The number of hydrogen-bond donors (Lipinski definition) is 0. The van der Waals surface area contributed by atoms with Gasteiger partial charge in [-0.25, -0.2) is 0 Å². The molecule has 1 spiro atoms. The number of nitrogens with zero attached hydrogens (tertiary/aromatic N) is 2. The third-order valence-electron chi connectivity index (χ3n) is 12.0. The van der Waals surface area contributed by atoms with E-state index in [2.05, 4.69) is 193 Å². The minimum absolute atomic E-state index is 0.566. The molecular weight excluding hydrogens is 641 g/mol. The predicted molar refractivity (Wildman–Crippen MR) is 214 cm³/mol. The van der Waals surface area contributed by atoms with Crippen molar-refractivity contribution in [2.75, 3.05) is 4.90 Å². The van der Waals surface area contributed by atoms with E-state index in [0.29, 0.717) is 5.56 Å². The summed E-state index contributed by atoms with van der Waals surface area (Å²) in [7, 11) is 0. The van der Waals surface area contributed by atoms with Crippen molar-refractivity contribution in [2.24, 2.45) is 0 Å². The maximum Gasteiger partial charge on any atom is 0.0991 e. The molecule has 0 saturated carbocycles. The van der Waals surface area contributed by atoms with Crippen molar-refractivity contribution in [3.05, 3.63) is 244 Å². The van der Waals surface area contributed by atoms with Crippen LogP contribution in [0.2, 0.25) is 0 Å². The van der Waals surface area contributed by atoms with Crippen molar-refractivity contribution in [1.29, 1.82) is 5.26 Å². The lowest BCUT2D eigenvalue weighted by atomic mass is 9.62. The molecule has 0 fully saturated rings. The van der Waals surface area contributed by atoms with Crippen LogP contribution in [-0.4, -0.2) is 0 Å². The van der Waals surface area contributed by atoms with Crippen LogP contribution in [0, 0.1) is 11.3 Å². The molecule has 8 aromatic rings. The zero-order valence-electron chi connectivity index (χ0n) is 28.9. The van der Waals surface area contributed by atoms with Crippen molar-refractivity contribution >= 4 is 17.1 Å². The first-order valence-electron chi connectivity index (χ1n) is 18.3. The fraction of sp³-hybridized carbons (Fsp3) is 0.0392. The van der Waals surface area contributed by atoms with Crippen LogP contribution in [0.4, 0.5) is 17.1 Å². The van der Waals surface area contributed by atoms with Crippen molar-refractivity contribution in [3.63, 3.8) is 0 Å². The molecule has 2 aliphatic carbocycles. The van der Waals surface area contributed by atoms with Gasteiger partial charge < -0.3 is 4.90 Å². The van der Waals surface area contributed by atoms with Crippen LogP contribution in [0.15, 0.2) is 194 Å². The van der Waals surface area contributed by atoms with E-state index >= 15 is 0 Å². The van der Waals surface area contributed by atoms with E-state index in [4.69, 9.17) is 0 Å². The monoisotopic (exact) mass is 672 g/mol. The molecule has 0 amide bonds. The normalized spacial score (nSPS) is 14.7. The van der Waals surface area contributed by atoms with Crippen molar-refractivity contribution < 1.29 is 0 Å². The Labute approximate surface area is 309 Å². The van der Waals surface area contributed by atoms with Crippen LogP contribution in [0.3, 0.4) is 0 Å². The Morgan fingerprint density at radius 1 is 0.358 bits per heavy atom. The molecule has 0 aromatic heterocycles. The van der Waals surface area contributed by atoms with Crippen LogP contribution in [0.25, 0.3) is 22.3 Å². The van der Waals surface area contributed by atoms with Gasteiger partial charge in [-0.2, -0.15) is 5.26 Å². The second-order valence-corrected chi connectivity index (χ2v) is 14.3. The maximum atomic E-state index is 9.85. The van der Waals surface area contributed by atoms with Gasteiger partial charge in [-0.1, -0.05) is 158 Å². The number of hydrogen-bond acceptors (Lipinski definition) is 2. The zero-order valence-corrected chi connectivity index (χ0v) is 28.9. The molecule has 0 radical (unpaired) electrons. The Hall–Kier alpha value is -6.95. The largest absolute Gasteiger partial charge is 0.310 e. The van der Waals surface area contributed by atoms with E-state index < -0.39 is 10.8 Å². The summed E-state index contributed by atoms with van der Waals surface area (Å²) in [6.07, 6.45) is 0. The Morgan fingerprint density at radius 3 is 1.34 bits per heavy atom. The van der Waals surface area contributed by atoms with Crippen molar-refractivity contribution in [2.45, 2.75) is 10.8 Å². The van der Waals surface area contributed by atoms with Crippen LogP contribution in [-0.2, 0) is 10.8 Å². The number of benzene rings is 8. The second kappa shape index (κ2) is 11.0. The molecule has 3 aliphatic rings. The van der Waals surface area contributed by atoms with E-state index in [1.54, 1.807) is 0 Å². The summed E-state index contributed by atoms with van der Waals surface area (Å²) in [6.45, 7) is 0. The van der Waals surface area contributed by atoms with Gasteiger partial charge >= 0.3 is 0 Å². The summed E-state index contributed by atoms with van der Waals surface area (Å²) in [5.41, 5.74) is 18.0. The molecule has 2 nitrogen and oxygen atoms in total. The molecule has 2 heteroatoms. The average Bonchev–Trinajstić information content (AvgIpc) is 3.70. The van der Waals surface area contributed by atoms with E-state index in [-0.39, 0.29) is 0 Å². The van der Waals surface area contributed by atoms with Gasteiger partial charge in [0.1, 0.15) is 0 Å². The summed E-state index contributed by atoms with van der Waals surface area (Å²) in [5, 5.41) is 9.85. The fourth-order valence-corrected chi connectivity index (χ4v) is 10.0. The first-order chi connectivity index (χ1) is 26.3. The minimum Gasteiger partial charge on any atom is -0.310 e. The number of nitriles is 1. The Balaban J connectivity index is 1.31. The number of anilines is 3. The lowest BCUT2D eigenvalue weighted by molar-refractivity contribution is 0.730. The molecule has 8 aromatic carbocycles. The van der Waals surface area contributed by atoms with Gasteiger partial charge in [0.05, 0.1) is 33.8 Å².